The van der Waals surface area contributed by atoms with Crippen molar-refractivity contribution >= 4 is 5.97 Å². The van der Waals surface area contributed by atoms with Gasteiger partial charge in [0.05, 0.1) is 5.56 Å². The maximum atomic E-state index is 10.9. The average Bonchev–Trinajstić information content (AvgIpc) is 2.53. The first-order chi connectivity index (χ1) is 10.6. The van der Waals surface area contributed by atoms with E-state index in [1.807, 2.05) is 12.1 Å². The number of carboxylic acids is 1. The van der Waals surface area contributed by atoms with E-state index in [9.17, 15) is 4.79 Å². The minimum absolute atomic E-state index is 0.327. The maximum Gasteiger partial charge on any atom is 0.335 e. The van der Waals surface area contributed by atoms with Gasteiger partial charge < -0.3 is 10.4 Å². The van der Waals surface area contributed by atoms with Crippen LogP contribution < -0.4 is 5.32 Å². The smallest absolute Gasteiger partial charge is 0.335 e. The number of fused-ring (bicyclic) bond motifs is 2. The summed E-state index contributed by atoms with van der Waals surface area (Å²) in [7, 11) is 0. The second-order valence-electron chi connectivity index (χ2n) is 7.31. The lowest BCUT2D eigenvalue weighted by atomic mass is 9.63. The number of hydrogen-bond donors (Lipinski definition) is 2. The van der Waals surface area contributed by atoms with Crippen LogP contribution in [-0.4, -0.2) is 16.6 Å². The van der Waals surface area contributed by atoms with Gasteiger partial charge in [-0.2, -0.15) is 0 Å². The Labute approximate surface area is 133 Å². The van der Waals surface area contributed by atoms with Crippen molar-refractivity contribution in [1.82, 2.24) is 5.32 Å². The standard InChI is InChI=1S/C19H27NO2/c1-2-14-10-16-4-3-9-19(11-14,12-16)20-13-15-5-7-17(8-6-15)18(21)22/h5-8,14,16,20H,2-4,9-13H2,1H3,(H,21,22). The predicted octanol–water partition coefficient (Wildman–Crippen LogP) is 4.22. The van der Waals surface area contributed by atoms with Crippen LogP contribution in [0.25, 0.3) is 0 Å². The van der Waals surface area contributed by atoms with Crippen molar-refractivity contribution in [3.63, 3.8) is 0 Å². The van der Waals surface area contributed by atoms with Gasteiger partial charge in [-0.3, -0.25) is 0 Å². The topological polar surface area (TPSA) is 49.3 Å². The van der Waals surface area contributed by atoms with Crippen LogP contribution in [0.3, 0.4) is 0 Å². The summed E-state index contributed by atoms with van der Waals surface area (Å²) in [6.45, 7) is 3.17. The lowest BCUT2D eigenvalue weighted by Gasteiger charge is -2.49. The first-order valence-electron chi connectivity index (χ1n) is 8.67. The first-order valence-corrected chi connectivity index (χ1v) is 8.67. The number of carboxylic acid groups (broad SMARTS) is 1. The third-order valence-electron chi connectivity index (χ3n) is 5.74. The van der Waals surface area contributed by atoms with Gasteiger partial charge in [0.25, 0.3) is 0 Å². The highest BCUT2D eigenvalue weighted by Crippen LogP contribution is 2.46. The van der Waals surface area contributed by atoms with Gasteiger partial charge in [-0.1, -0.05) is 38.3 Å². The van der Waals surface area contributed by atoms with Gasteiger partial charge in [-0.05, 0) is 55.2 Å². The Balaban J connectivity index is 1.65. The number of benzene rings is 1. The number of rotatable bonds is 5. The normalized spacial score (nSPS) is 31.0. The van der Waals surface area contributed by atoms with Crippen molar-refractivity contribution in [3.05, 3.63) is 35.4 Å². The molecule has 0 spiro atoms. The molecule has 120 valence electrons. The van der Waals surface area contributed by atoms with E-state index < -0.39 is 5.97 Å². The van der Waals surface area contributed by atoms with Crippen LogP contribution in [0.4, 0.5) is 0 Å². The summed E-state index contributed by atoms with van der Waals surface area (Å²) in [5, 5.41) is 12.8. The zero-order valence-corrected chi connectivity index (χ0v) is 13.5. The molecule has 0 radical (unpaired) electrons. The van der Waals surface area contributed by atoms with Crippen LogP contribution in [0, 0.1) is 11.8 Å². The van der Waals surface area contributed by atoms with Crippen LogP contribution in [0.2, 0.25) is 0 Å². The molecule has 0 saturated heterocycles. The molecule has 2 saturated carbocycles. The Kier molecular flexibility index (Phi) is 4.53. The van der Waals surface area contributed by atoms with Gasteiger partial charge in [0.2, 0.25) is 0 Å². The molecule has 2 N–H and O–H groups in total. The summed E-state index contributed by atoms with van der Waals surface area (Å²) < 4.78 is 0. The molecule has 0 aliphatic heterocycles. The van der Waals surface area contributed by atoms with E-state index in [0.717, 1.165) is 18.4 Å². The fourth-order valence-corrected chi connectivity index (χ4v) is 4.58. The van der Waals surface area contributed by atoms with Gasteiger partial charge in [-0.25, -0.2) is 4.79 Å². The molecule has 3 rings (SSSR count). The monoisotopic (exact) mass is 301 g/mol. The molecule has 3 heteroatoms. The quantitative estimate of drug-likeness (QED) is 0.856. The Hall–Kier alpha value is -1.35. The molecule has 2 fully saturated rings. The van der Waals surface area contributed by atoms with Crippen molar-refractivity contribution in [3.8, 4) is 0 Å². The highest BCUT2D eigenvalue weighted by Gasteiger charge is 2.41. The largest absolute Gasteiger partial charge is 0.478 e. The maximum absolute atomic E-state index is 10.9. The van der Waals surface area contributed by atoms with Gasteiger partial charge in [0.15, 0.2) is 0 Å². The molecule has 3 unspecified atom stereocenters. The second kappa shape index (κ2) is 6.41. The third kappa shape index (κ3) is 3.35. The molecule has 1 aromatic rings. The summed E-state index contributed by atoms with van der Waals surface area (Å²) in [6.07, 6.45) is 9.43. The van der Waals surface area contributed by atoms with Crippen LogP contribution in [0.1, 0.15) is 67.8 Å². The fraction of sp³-hybridized carbons (Fsp3) is 0.632. The van der Waals surface area contributed by atoms with Crippen molar-refractivity contribution in [2.75, 3.05) is 0 Å². The lowest BCUT2D eigenvalue weighted by Crippen LogP contribution is -2.52. The molecule has 3 atom stereocenters. The number of carbonyl (C=O) groups is 1. The summed E-state index contributed by atoms with van der Waals surface area (Å²) in [4.78, 5) is 10.9. The van der Waals surface area contributed by atoms with Crippen LogP contribution in [0.15, 0.2) is 24.3 Å². The molecule has 1 aromatic carbocycles. The molecular formula is C19H27NO2. The van der Waals surface area contributed by atoms with Crippen LogP contribution in [-0.2, 0) is 6.54 Å². The Morgan fingerprint density at radius 2 is 2.09 bits per heavy atom. The lowest BCUT2D eigenvalue weighted by molar-refractivity contribution is 0.0696. The first kappa shape index (κ1) is 15.5. The highest BCUT2D eigenvalue weighted by atomic mass is 16.4. The number of aromatic carboxylic acids is 1. The number of nitrogens with one attached hydrogen (secondary N) is 1. The van der Waals surface area contributed by atoms with Gasteiger partial charge in [0, 0.05) is 12.1 Å². The molecule has 0 heterocycles. The zero-order valence-electron chi connectivity index (χ0n) is 13.5. The molecule has 2 bridgehead atoms. The summed E-state index contributed by atoms with van der Waals surface area (Å²) in [5.74, 6) is 0.932. The Morgan fingerprint density at radius 3 is 2.77 bits per heavy atom. The van der Waals surface area contributed by atoms with Crippen molar-refractivity contribution in [2.24, 2.45) is 11.8 Å². The zero-order chi connectivity index (χ0) is 15.6. The van der Waals surface area contributed by atoms with Crippen molar-refractivity contribution in [1.29, 1.82) is 0 Å². The van der Waals surface area contributed by atoms with Gasteiger partial charge in [0.1, 0.15) is 0 Å². The molecular weight excluding hydrogens is 274 g/mol. The third-order valence-corrected chi connectivity index (χ3v) is 5.74. The van der Waals surface area contributed by atoms with Crippen molar-refractivity contribution < 1.29 is 9.90 Å². The van der Waals surface area contributed by atoms with Crippen molar-refractivity contribution in [2.45, 2.75) is 64.0 Å². The molecule has 3 nitrogen and oxygen atoms in total. The predicted molar refractivity (Wildman–Crippen MR) is 87.9 cm³/mol. The van der Waals surface area contributed by atoms with E-state index in [2.05, 4.69) is 12.2 Å². The summed E-state index contributed by atoms with van der Waals surface area (Å²) in [5.41, 5.74) is 1.87. The fourth-order valence-electron chi connectivity index (χ4n) is 4.58. The van der Waals surface area contributed by atoms with Crippen LogP contribution >= 0.6 is 0 Å². The molecule has 0 aromatic heterocycles. The molecule has 2 aliphatic rings. The van der Waals surface area contributed by atoms with E-state index in [-0.39, 0.29) is 0 Å². The number of hydrogen-bond acceptors (Lipinski definition) is 2. The second-order valence-corrected chi connectivity index (χ2v) is 7.31. The Bertz CT molecular complexity index is 525. The van der Waals surface area contributed by atoms with E-state index in [4.69, 9.17) is 5.11 Å². The summed E-state index contributed by atoms with van der Waals surface area (Å²) in [6, 6.07) is 7.29. The van der Waals surface area contributed by atoms with Gasteiger partial charge >= 0.3 is 5.97 Å². The SMILES string of the molecule is CCC1CC2CCCC(NCc3ccc(C(=O)O)cc3)(C1)C2. The van der Waals surface area contributed by atoms with E-state index >= 15 is 0 Å². The highest BCUT2D eigenvalue weighted by molar-refractivity contribution is 5.87. The molecule has 2 aliphatic carbocycles. The minimum atomic E-state index is -0.855. The van der Waals surface area contributed by atoms with E-state index in [1.54, 1.807) is 12.1 Å². The minimum Gasteiger partial charge on any atom is -0.478 e. The Morgan fingerprint density at radius 1 is 1.32 bits per heavy atom. The average molecular weight is 301 g/mol. The summed E-state index contributed by atoms with van der Waals surface area (Å²) >= 11 is 0. The van der Waals surface area contributed by atoms with Crippen LogP contribution in [0.5, 0.6) is 0 Å². The van der Waals surface area contributed by atoms with Gasteiger partial charge in [-0.15, -0.1) is 0 Å². The molecule has 22 heavy (non-hydrogen) atoms. The van der Waals surface area contributed by atoms with E-state index in [1.165, 1.54) is 50.5 Å². The molecule has 0 amide bonds. The van der Waals surface area contributed by atoms with E-state index in [0.29, 0.717) is 11.1 Å².